The third-order valence-electron chi connectivity index (χ3n) is 4.71. The first kappa shape index (κ1) is 25.0. The van der Waals surface area contributed by atoms with Crippen LogP contribution in [0.1, 0.15) is 29.8 Å². The number of amides is 1. The lowest BCUT2D eigenvalue weighted by atomic mass is 10.2. The largest absolute Gasteiger partial charge is 0.481 e. The number of ether oxygens (including phenoxy) is 2. The summed E-state index contributed by atoms with van der Waals surface area (Å²) in [6, 6.07) is 9.21. The summed E-state index contributed by atoms with van der Waals surface area (Å²) < 4.78 is 9.88. The van der Waals surface area contributed by atoms with Gasteiger partial charge in [0.1, 0.15) is 16.3 Å². The summed E-state index contributed by atoms with van der Waals surface area (Å²) in [6.45, 7) is 6.14. The highest BCUT2D eigenvalue weighted by molar-refractivity contribution is 7.17. The SMILES string of the molecule is CCOCC.COc1ccc(CCNC(=O)c2csc3nc(-c4ccccn4)nc(N)c23)cn1. The Hall–Kier alpha value is -3.63. The van der Waals surface area contributed by atoms with Gasteiger partial charge in [-0.1, -0.05) is 12.1 Å². The monoisotopic (exact) mass is 480 g/mol. The molecule has 0 aliphatic carbocycles. The third-order valence-corrected chi connectivity index (χ3v) is 5.59. The molecule has 0 saturated heterocycles. The van der Waals surface area contributed by atoms with Crippen LogP contribution in [-0.4, -0.2) is 52.7 Å². The molecule has 0 spiro atoms. The van der Waals surface area contributed by atoms with Crippen molar-refractivity contribution in [3.8, 4) is 17.4 Å². The summed E-state index contributed by atoms with van der Waals surface area (Å²) >= 11 is 1.36. The first-order valence-electron chi connectivity index (χ1n) is 10.9. The van der Waals surface area contributed by atoms with E-state index in [4.69, 9.17) is 15.2 Å². The van der Waals surface area contributed by atoms with Crippen LogP contribution < -0.4 is 15.8 Å². The predicted molar refractivity (Wildman–Crippen MR) is 134 cm³/mol. The van der Waals surface area contributed by atoms with Crippen molar-refractivity contribution in [3.05, 3.63) is 59.2 Å². The molecule has 4 aromatic heterocycles. The molecule has 4 aromatic rings. The number of pyridine rings is 2. The van der Waals surface area contributed by atoms with Gasteiger partial charge in [0.15, 0.2) is 5.82 Å². The number of carbonyl (C=O) groups is 1. The molecule has 3 N–H and O–H groups in total. The van der Waals surface area contributed by atoms with Crippen molar-refractivity contribution < 1.29 is 14.3 Å². The quantitative estimate of drug-likeness (QED) is 0.391. The van der Waals surface area contributed by atoms with Crippen LogP contribution in [0.2, 0.25) is 0 Å². The summed E-state index contributed by atoms with van der Waals surface area (Å²) in [5.41, 5.74) is 8.26. The minimum absolute atomic E-state index is 0.210. The molecule has 0 aliphatic heterocycles. The number of nitrogens with zero attached hydrogens (tertiary/aromatic N) is 4. The van der Waals surface area contributed by atoms with Gasteiger partial charge in [-0.2, -0.15) is 0 Å². The fourth-order valence-electron chi connectivity index (χ4n) is 3.04. The Kier molecular flexibility index (Phi) is 9.24. The topological polar surface area (TPSA) is 125 Å². The molecule has 0 aliphatic rings. The van der Waals surface area contributed by atoms with Crippen molar-refractivity contribution in [3.63, 3.8) is 0 Å². The number of methoxy groups -OCH3 is 1. The molecule has 4 rings (SSSR count). The Morgan fingerprint density at radius 1 is 1.12 bits per heavy atom. The van der Waals surface area contributed by atoms with Crippen LogP contribution in [0.25, 0.3) is 21.7 Å². The van der Waals surface area contributed by atoms with Crippen molar-refractivity contribution >= 4 is 33.3 Å². The molecule has 34 heavy (non-hydrogen) atoms. The average Bonchev–Trinajstić information content (AvgIpc) is 3.31. The van der Waals surface area contributed by atoms with Gasteiger partial charge in [0, 0.05) is 43.6 Å². The van der Waals surface area contributed by atoms with Gasteiger partial charge in [0.2, 0.25) is 5.88 Å². The molecule has 9 nitrogen and oxygen atoms in total. The molecule has 0 bridgehead atoms. The number of anilines is 1. The molecular weight excluding hydrogens is 452 g/mol. The fourth-order valence-corrected chi connectivity index (χ4v) is 3.97. The van der Waals surface area contributed by atoms with E-state index in [1.165, 1.54) is 11.3 Å². The first-order chi connectivity index (χ1) is 16.6. The molecule has 4 heterocycles. The smallest absolute Gasteiger partial charge is 0.252 e. The minimum Gasteiger partial charge on any atom is -0.481 e. The number of rotatable bonds is 8. The highest BCUT2D eigenvalue weighted by atomic mass is 32.1. The summed E-state index contributed by atoms with van der Waals surface area (Å²) in [4.78, 5) is 30.6. The van der Waals surface area contributed by atoms with Crippen LogP contribution >= 0.6 is 11.3 Å². The van der Waals surface area contributed by atoms with Crippen molar-refractivity contribution in [2.45, 2.75) is 20.3 Å². The van der Waals surface area contributed by atoms with Gasteiger partial charge in [-0.15, -0.1) is 11.3 Å². The van der Waals surface area contributed by atoms with Crippen LogP contribution in [0.5, 0.6) is 5.88 Å². The molecule has 0 aromatic carbocycles. The lowest BCUT2D eigenvalue weighted by molar-refractivity contribution is 0.0956. The molecule has 0 atom stereocenters. The number of nitrogens with two attached hydrogens (primary N) is 1. The lowest BCUT2D eigenvalue weighted by Gasteiger charge is -2.07. The Labute approximate surface area is 202 Å². The van der Waals surface area contributed by atoms with Crippen LogP contribution in [0.15, 0.2) is 48.1 Å². The predicted octanol–water partition coefficient (Wildman–Crippen LogP) is 3.75. The minimum atomic E-state index is -0.210. The fraction of sp³-hybridized carbons (Fsp3) is 0.292. The number of nitrogens with one attached hydrogen (secondary N) is 1. The van der Waals surface area contributed by atoms with E-state index in [0.717, 1.165) is 18.8 Å². The van der Waals surface area contributed by atoms with Crippen molar-refractivity contribution in [1.29, 1.82) is 0 Å². The number of carbonyl (C=O) groups excluding carboxylic acids is 1. The zero-order valence-corrected chi connectivity index (χ0v) is 20.3. The second kappa shape index (κ2) is 12.6. The standard InChI is InChI=1S/C20H18N6O2S.C4H10O/c1-28-15-6-5-12(10-24-15)7-9-23-19(27)13-11-29-20-16(13)17(21)25-18(26-20)14-4-2-3-8-22-14;1-3-5-4-2/h2-6,8,10-11H,7,9H2,1H3,(H,23,27)(H2,21,25,26);3-4H2,1-2H3. The highest BCUT2D eigenvalue weighted by Gasteiger charge is 2.18. The average molecular weight is 481 g/mol. The van der Waals surface area contributed by atoms with E-state index in [0.29, 0.717) is 46.1 Å². The summed E-state index contributed by atoms with van der Waals surface area (Å²) in [5.74, 6) is 1.06. The molecule has 178 valence electrons. The van der Waals surface area contributed by atoms with E-state index in [9.17, 15) is 4.79 Å². The number of thiophene rings is 1. The van der Waals surface area contributed by atoms with Crippen LogP contribution in [0.4, 0.5) is 5.82 Å². The lowest BCUT2D eigenvalue weighted by Crippen LogP contribution is -2.25. The maximum absolute atomic E-state index is 12.7. The number of nitrogen functional groups attached to an aromatic ring is 1. The number of aromatic nitrogens is 4. The van der Waals surface area contributed by atoms with Gasteiger partial charge < -0.3 is 20.5 Å². The zero-order valence-electron chi connectivity index (χ0n) is 19.4. The van der Waals surface area contributed by atoms with Gasteiger partial charge >= 0.3 is 0 Å². The van der Waals surface area contributed by atoms with Gasteiger partial charge in [-0.3, -0.25) is 9.78 Å². The highest BCUT2D eigenvalue weighted by Crippen LogP contribution is 2.30. The van der Waals surface area contributed by atoms with Crippen molar-refractivity contribution in [1.82, 2.24) is 25.3 Å². The Bertz CT molecular complexity index is 1200. The van der Waals surface area contributed by atoms with Gasteiger partial charge in [0.05, 0.1) is 18.1 Å². The zero-order chi connectivity index (χ0) is 24.3. The number of hydrogen-bond acceptors (Lipinski definition) is 9. The molecule has 10 heteroatoms. The number of hydrogen-bond donors (Lipinski definition) is 2. The van der Waals surface area contributed by atoms with Crippen molar-refractivity contribution in [2.24, 2.45) is 0 Å². The third kappa shape index (κ3) is 6.46. The van der Waals surface area contributed by atoms with E-state index in [1.807, 2.05) is 38.1 Å². The van der Waals surface area contributed by atoms with Gasteiger partial charge in [-0.25, -0.2) is 15.0 Å². The van der Waals surface area contributed by atoms with Crippen LogP contribution in [0.3, 0.4) is 0 Å². The van der Waals surface area contributed by atoms with Crippen molar-refractivity contribution in [2.75, 3.05) is 32.6 Å². The normalized spacial score (nSPS) is 10.4. The molecule has 0 unspecified atom stereocenters. The van der Waals surface area contributed by atoms with Crippen LogP contribution in [0, 0.1) is 0 Å². The summed E-state index contributed by atoms with van der Waals surface area (Å²) in [7, 11) is 1.57. The molecule has 1 amide bonds. The molecule has 0 saturated carbocycles. The first-order valence-corrected chi connectivity index (χ1v) is 11.8. The summed E-state index contributed by atoms with van der Waals surface area (Å²) in [5, 5.41) is 5.23. The molecule has 0 radical (unpaired) electrons. The maximum Gasteiger partial charge on any atom is 0.252 e. The summed E-state index contributed by atoms with van der Waals surface area (Å²) in [6.07, 6.45) is 4.06. The van der Waals surface area contributed by atoms with E-state index >= 15 is 0 Å². The molecule has 0 fully saturated rings. The Morgan fingerprint density at radius 2 is 1.94 bits per heavy atom. The van der Waals surface area contributed by atoms with E-state index in [1.54, 1.807) is 30.9 Å². The van der Waals surface area contributed by atoms with E-state index in [2.05, 4.69) is 25.3 Å². The second-order valence-corrected chi connectivity index (χ2v) is 7.83. The Morgan fingerprint density at radius 3 is 2.56 bits per heavy atom. The van der Waals surface area contributed by atoms with E-state index in [-0.39, 0.29) is 11.7 Å². The second-order valence-electron chi connectivity index (χ2n) is 6.97. The van der Waals surface area contributed by atoms with Crippen LogP contribution in [-0.2, 0) is 11.2 Å². The molecular formula is C24H28N6O3S. The van der Waals surface area contributed by atoms with E-state index < -0.39 is 0 Å². The van der Waals surface area contributed by atoms with Gasteiger partial charge in [0.25, 0.3) is 5.91 Å². The maximum atomic E-state index is 12.7. The van der Waals surface area contributed by atoms with Gasteiger partial charge in [-0.05, 0) is 38.0 Å². The Balaban J connectivity index is 0.000000588. The number of fused-ring (bicyclic) bond motifs is 1.